The number of nitrogens with zero attached hydrogens (tertiary/aromatic N) is 3. The van der Waals surface area contributed by atoms with Crippen molar-refractivity contribution in [2.24, 2.45) is 11.8 Å². The van der Waals surface area contributed by atoms with Crippen molar-refractivity contribution < 1.29 is 15.0 Å². The van der Waals surface area contributed by atoms with Gasteiger partial charge in [-0.25, -0.2) is 9.78 Å². The van der Waals surface area contributed by atoms with Crippen LogP contribution in [0.5, 0.6) is 0 Å². The summed E-state index contributed by atoms with van der Waals surface area (Å²) in [6.07, 6.45) is 10.2. The number of carboxylic acid groups (broad SMARTS) is 1. The molecule has 1 aliphatic rings. The van der Waals surface area contributed by atoms with Crippen molar-refractivity contribution in [3.8, 4) is 0 Å². The number of carbonyl (C=O) groups is 1. The second kappa shape index (κ2) is 8.61. The topological polar surface area (TPSA) is 86.6 Å². The minimum absolute atomic E-state index is 0.330. The van der Waals surface area contributed by atoms with Crippen molar-refractivity contribution in [1.82, 2.24) is 9.97 Å². The van der Waals surface area contributed by atoms with Crippen molar-refractivity contribution in [1.29, 1.82) is 0 Å². The molecule has 0 aromatic carbocycles. The fraction of sp³-hybridized carbons (Fsp3) is 0.737. The van der Waals surface area contributed by atoms with Crippen molar-refractivity contribution in [2.45, 2.75) is 71.3 Å². The molecule has 0 spiro atoms. The predicted octanol–water partition coefficient (Wildman–Crippen LogP) is 4.19. The van der Waals surface area contributed by atoms with Gasteiger partial charge in [-0.3, -0.25) is 9.88 Å². The molecule has 6 nitrogen and oxygen atoms in total. The molecule has 1 saturated carbocycles. The van der Waals surface area contributed by atoms with Crippen molar-refractivity contribution in [3.05, 3.63) is 18.1 Å². The Morgan fingerprint density at radius 1 is 1.28 bits per heavy atom. The van der Waals surface area contributed by atoms with Crippen LogP contribution in [-0.4, -0.2) is 32.8 Å². The average Bonchev–Trinajstić information content (AvgIpc) is 2.57. The summed E-state index contributed by atoms with van der Waals surface area (Å²) >= 11 is 0. The molecule has 0 aliphatic heterocycles. The van der Waals surface area contributed by atoms with Crippen molar-refractivity contribution >= 4 is 11.9 Å². The van der Waals surface area contributed by atoms with E-state index in [9.17, 15) is 15.0 Å². The zero-order chi connectivity index (χ0) is 18.4. The molecule has 0 radical (unpaired) electrons. The van der Waals surface area contributed by atoms with Crippen LogP contribution in [0, 0.1) is 11.8 Å². The first-order valence-corrected chi connectivity index (χ1v) is 9.36. The monoisotopic (exact) mass is 349 g/mol. The summed E-state index contributed by atoms with van der Waals surface area (Å²) in [5, 5.41) is 19.6. The van der Waals surface area contributed by atoms with E-state index in [4.69, 9.17) is 0 Å². The SMILES string of the molecule is CCCCC1CCCC(CN(C(=O)O)c2cnc(C(C)(C)O)cn2)C1. The van der Waals surface area contributed by atoms with Gasteiger partial charge < -0.3 is 10.2 Å². The number of hydrogen-bond acceptors (Lipinski definition) is 4. The van der Waals surface area contributed by atoms with Crippen LogP contribution < -0.4 is 4.90 Å². The van der Waals surface area contributed by atoms with Crippen molar-refractivity contribution in [3.63, 3.8) is 0 Å². The van der Waals surface area contributed by atoms with Gasteiger partial charge in [0, 0.05) is 6.54 Å². The van der Waals surface area contributed by atoms with Crippen LogP contribution in [0.1, 0.15) is 71.4 Å². The van der Waals surface area contributed by atoms with E-state index in [0.717, 1.165) is 18.8 Å². The van der Waals surface area contributed by atoms with Gasteiger partial charge in [0.25, 0.3) is 0 Å². The Bertz CT molecular complexity index is 554. The molecule has 1 aromatic rings. The molecule has 2 atom stereocenters. The number of amides is 1. The molecule has 25 heavy (non-hydrogen) atoms. The summed E-state index contributed by atoms with van der Waals surface area (Å²) in [7, 11) is 0. The van der Waals surface area contributed by atoms with E-state index in [1.807, 2.05) is 0 Å². The molecule has 1 fully saturated rings. The standard InChI is InChI=1S/C19H31N3O3/c1-4-5-7-14-8-6-9-15(10-14)13-22(18(23)24)17-12-20-16(11-21-17)19(2,3)25/h11-12,14-15,25H,4-10,13H2,1-3H3,(H,23,24). The molecule has 1 amide bonds. The summed E-state index contributed by atoms with van der Waals surface area (Å²) in [5.74, 6) is 1.43. The van der Waals surface area contributed by atoms with E-state index in [0.29, 0.717) is 24.0 Å². The van der Waals surface area contributed by atoms with Crippen LogP contribution in [0.25, 0.3) is 0 Å². The molecule has 1 heterocycles. The summed E-state index contributed by atoms with van der Waals surface area (Å²) in [6, 6.07) is 0. The lowest BCUT2D eigenvalue weighted by atomic mass is 9.79. The highest BCUT2D eigenvalue weighted by Gasteiger charge is 2.27. The predicted molar refractivity (Wildman–Crippen MR) is 97.6 cm³/mol. The van der Waals surface area contributed by atoms with Gasteiger partial charge in [-0.15, -0.1) is 0 Å². The third kappa shape index (κ3) is 5.66. The highest BCUT2D eigenvalue weighted by molar-refractivity contribution is 5.84. The Labute approximate surface area is 150 Å². The Morgan fingerprint density at radius 2 is 2.00 bits per heavy atom. The number of unbranched alkanes of at least 4 members (excludes halogenated alkanes) is 1. The quantitative estimate of drug-likeness (QED) is 0.771. The van der Waals surface area contributed by atoms with Crippen LogP contribution in [-0.2, 0) is 5.60 Å². The third-order valence-corrected chi connectivity index (χ3v) is 5.07. The maximum Gasteiger partial charge on any atom is 0.413 e. The first-order chi connectivity index (χ1) is 11.8. The maximum absolute atomic E-state index is 11.7. The molecular weight excluding hydrogens is 318 g/mol. The molecule has 2 N–H and O–H groups in total. The van der Waals surface area contributed by atoms with E-state index in [1.165, 1.54) is 49.4 Å². The normalized spacial score (nSPS) is 21.1. The lowest BCUT2D eigenvalue weighted by Crippen LogP contribution is -2.36. The van der Waals surface area contributed by atoms with Gasteiger partial charge in [-0.2, -0.15) is 0 Å². The molecule has 0 bridgehead atoms. The Balaban J connectivity index is 2.04. The number of hydrogen-bond donors (Lipinski definition) is 2. The van der Waals surface area contributed by atoms with E-state index >= 15 is 0 Å². The molecule has 6 heteroatoms. The molecular formula is C19H31N3O3. The summed E-state index contributed by atoms with van der Waals surface area (Å²) < 4.78 is 0. The van der Waals surface area contributed by atoms with Crippen LogP contribution in [0.2, 0.25) is 0 Å². The van der Waals surface area contributed by atoms with Crippen LogP contribution in [0.15, 0.2) is 12.4 Å². The first-order valence-electron chi connectivity index (χ1n) is 9.36. The smallest absolute Gasteiger partial charge is 0.413 e. The van der Waals surface area contributed by atoms with Gasteiger partial charge in [-0.05, 0) is 38.5 Å². The van der Waals surface area contributed by atoms with Crippen LogP contribution in [0.4, 0.5) is 10.6 Å². The van der Waals surface area contributed by atoms with Gasteiger partial charge in [0.15, 0.2) is 5.82 Å². The van der Waals surface area contributed by atoms with E-state index < -0.39 is 11.7 Å². The zero-order valence-corrected chi connectivity index (χ0v) is 15.6. The largest absolute Gasteiger partial charge is 0.465 e. The second-order valence-electron chi connectivity index (χ2n) is 7.75. The Hall–Kier alpha value is -1.69. The maximum atomic E-state index is 11.7. The zero-order valence-electron chi connectivity index (χ0n) is 15.6. The van der Waals surface area contributed by atoms with E-state index in [2.05, 4.69) is 16.9 Å². The second-order valence-corrected chi connectivity index (χ2v) is 7.75. The summed E-state index contributed by atoms with van der Waals surface area (Å²) in [5.41, 5.74) is -0.658. The summed E-state index contributed by atoms with van der Waals surface area (Å²) in [4.78, 5) is 21.4. The highest BCUT2D eigenvalue weighted by atomic mass is 16.4. The highest BCUT2D eigenvalue weighted by Crippen LogP contribution is 2.33. The van der Waals surface area contributed by atoms with E-state index in [-0.39, 0.29) is 0 Å². The molecule has 2 unspecified atom stereocenters. The third-order valence-electron chi connectivity index (χ3n) is 5.07. The molecule has 1 aliphatic carbocycles. The average molecular weight is 349 g/mol. The Morgan fingerprint density at radius 3 is 2.56 bits per heavy atom. The lowest BCUT2D eigenvalue weighted by Gasteiger charge is -2.32. The number of rotatable bonds is 7. The van der Waals surface area contributed by atoms with Gasteiger partial charge in [0.1, 0.15) is 5.60 Å². The molecule has 140 valence electrons. The van der Waals surface area contributed by atoms with Crippen LogP contribution >= 0.6 is 0 Å². The fourth-order valence-electron chi connectivity index (χ4n) is 3.63. The number of aromatic nitrogens is 2. The molecule has 2 rings (SSSR count). The van der Waals surface area contributed by atoms with Gasteiger partial charge in [0.05, 0.1) is 18.1 Å². The van der Waals surface area contributed by atoms with Crippen molar-refractivity contribution in [2.75, 3.05) is 11.4 Å². The lowest BCUT2D eigenvalue weighted by molar-refractivity contribution is 0.0734. The minimum atomic E-state index is -1.09. The van der Waals surface area contributed by atoms with Gasteiger partial charge in [-0.1, -0.05) is 39.0 Å². The van der Waals surface area contributed by atoms with Gasteiger partial charge in [0.2, 0.25) is 0 Å². The Kier molecular flexibility index (Phi) is 6.76. The number of anilines is 1. The minimum Gasteiger partial charge on any atom is -0.465 e. The summed E-state index contributed by atoms with van der Waals surface area (Å²) in [6.45, 7) is 5.94. The fourth-order valence-corrected chi connectivity index (χ4v) is 3.63. The molecule has 0 saturated heterocycles. The van der Waals surface area contributed by atoms with Gasteiger partial charge >= 0.3 is 6.09 Å². The van der Waals surface area contributed by atoms with E-state index in [1.54, 1.807) is 13.8 Å². The number of aliphatic hydroxyl groups is 1. The first kappa shape index (κ1) is 19.6. The molecule has 1 aromatic heterocycles. The van der Waals surface area contributed by atoms with Crippen LogP contribution in [0.3, 0.4) is 0 Å².